The van der Waals surface area contributed by atoms with E-state index in [4.69, 9.17) is 0 Å². The third kappa shape index (κ3) is 2.76. The molecule has 2 atom stereocenters. The van der Waals surface area contributed by atoms with Gasteiger partial charge in [-0.25, -0.2) is 4.98 Å². The van der Waals surface area contributed by atoms with Gasteiger partial charge < -0.3 is 5.32 Å². The van der Waals surface area contributed by atoms with Crippen molar-refractivity contribution in [2.24, 2.45) is 0 Å². The highest BCUT2D eigenvalue weighted by molar-refractivity contribution is 7.09. The number of fused-ring (bicyclic) bond motifs is 1. The van der Waals surface area contributed by atoms with Gasteiger partial charge in [-0.3, -0.25) is 4.90 Å². The number of nitrogens with one attached hydrogen (secondary N) is 1. The fourth-order valence-corrected chi connectivity index (χ4v) is 4.14. The summed E-state index contributed by atoms with van der Waals surface area (Å²) in [6.45, 7) is 5.79. The van der Waals surface area contributed by atoms with Crippen molar-refractivity contribution in [1.82, 2.24) is 15.2 Å². The number of thiazole rings is 1. The van der Waals surface area contributed by atoms with E-state index >= 15 is 0 Å². The molecule has 0 radical (unpaired) electrons. The Hall–Kier alpha value is -0.450. The second-order valence-corrected chi connectivity index (χ2v) is 6.52. The van der Waals surface area contributed by atoms with E-state index in [1.54, 1.807) is 11.3 Å². The Morgan fingerprint density at radius 2 is 2.33 bits per heavy atom. The minimum Gasteiger partial charge on any atom is -0.312 e. The minimum absolute atomic E-state index is 0.728. The summed E-state index contributed by atoms with van der Waals surface area (Å²) in [5, 5.41) is 7.19. The molecule has 1 aromatic heterocycles. The Balaban J connectivity index is 1.46. The lowest BCUT2D eigenvalue weighted by molar-refractivity contribution is 0.181. The van der Waals surface area contributed by atoms with Gasteiger partial charge in [0, 0.05) is 42.7 Å². The van der Waals surface area contributed by atoms with E-state index in [1.807, 2.05) is 0 Å². The molecule has 0 aromatic carbocycles. The van der Waals surface area contributed by atoms with Crippen molar-refractivity contribution in [3.05, 3.63) is 16.1 Å². The molecule has 2 saturated heterocycles. The van der Waals surface area contributed by atoms with Crippen LogP contribution in [0.2, 0.25) is 0 Å². The highest BCUT2D eigenvalue weighted by Crippen LogP contribution is 2.27. The molecule has 2 aliphatic rings. The van der Waals surface area contributed by atoms with Crippen LogP contribution in [0.25, 0.3) is 0 Å². The van der Waals surface area contributed by atoms with Gasteiger partial charge in [-0.1, -0.05) is 6.42 Å². The molecule has 0 spiro atoms. The zero-order valence-corrected chi connectivity index (χ0v) is 12.0. The van der Waals surface area contributed by atoms with E-state index in [0.717, 1.165) is 30.7 Å². The predicted octanol–water partition coefficient (Wildman–Crippen LogP) is 2.21. The average Bonchev–Trinajstić information content (AvgIpc) is 2.97. The molecule has 1 N–H and O–H groups in total. The molecule has 2 fully saturated rings. The van der Waals surface area contributed by atoms with Gasteiger partial charge in [0.15, 0.2) is 0 Å². The molecule has 0 saturated carbocycles. The first-order valence-electron chi connectivity index (χ1n) is 7.21. The molecule has 3 rings (SSSR count). The van der Waals surface area contributed by atoms with Gasteiger partial charge in [0.25, 0.3) is 0 Å². The highest BCUT2D eigenvalue weighted by Gasteiger charge is 2.34. The van der Waals surface area contributed by atoms with Crippen molar-refractivity contribution in [2.45, 2.75) is 51.1 Å². The monoisotopic (exact) mass is 265 g/mol. The Bertz CT molecular complexity index is 390. The molecule has 0 bridgehead atoms. The Morgan fingerprint density at radius 1 is 1.39 bits per heavy atom. The first kappa shape index (κ1) is 12.6. The lowest BCUT2D eigenvalue weighted by atomic mass is 9.99. The Kier molecular flexibility index (Phi) is 3.97. The number of rotatable bonds is 4. The maximum absolute atomic E-state index is 4.52. The van der Waals surface area contributed by atoms with Crippen molar-refractivity contribution < 1.29 is 0 Å². The van der Waals surface area contributed by atoms with Crippen molar-refractivity contribution in [1.29, 1.82) is 0 Å². The second kappa shape index (κ2) is 5.68. The molecule has 3 nitrogen and oxygen atoms in total. The van der Waals surface area contributed by atoms with Crippen LogP contribution in [-0.4, -0.2) is 41.6 Å². The Labute approximate surface area is 114 Å². The van der Waals surface area contributed by atoms with Crippen molar-refractivity contribution in [2.75, 3.05) is 19.6 Å². The first-order chi connectivity index (χ1) is 8.83. The standard InChI is InChI=1S/C14H23N3S/c1-11-10-18-14(16-11)5-7-15-12-6-9-17-8-3-2-4-13(12)17/h10,12-13,15H,2-9H2,1H3. The average molecular weight is 265 g/mol. The van der Waals surface area contributed by atoms with Gasteiger partial charge in [0.05, 0.1) is 5.01 Å². The smallest absolute Gasteiger partial charge is 0.0940 e. The van der Waals surface area contributed by atoms with Crippen LogP contribution in [0.4, 0.5) is 0 Å². The lowest BCUT2D eigenvalue weighted by Crippen LogP contribution is -2.45. The highest BCUT2D eigenvalue weighted by atomic mass is 32.1. The molecule has 3 heterocycles. The normalized spacial score (nSPS) is 28.5. The van der Waals surface area contributed by atoms with Crippen LogP contribution in [-0.2, 0) is 6.42 Å². The van der Waals surface area contributed by atoms with Gasteiger partial charge in [-0.05, 0) is 32.7 Å². The quantitative estimate of drug-likeness (QED) is 0.905. The Morgan fingerprint density at radius 3 is 3.17 bits per heavy atom. The molecule has 18 heavy (non-hydrogen) atoms. The van der Waals surface area contributed by atoms with E-state index in [-0.39, 0.29) is 0 Å². The van der Waals surface area contributed by atoms with E-state index < -0.39 is 0 Å². The largest absolute Gasteiger partial charge is 0.312 e. The van der Waals surface area contributed by atoms with Crippen LogP contribution in [0.3, 0.4) is 0 Å². The van der Waals surface area contributed by atoms with Crippen molar-refractivity contribution in [3.8, 4) is 0 Å². The molecule has 0 amide bonds. The number of aryl methyl sites for hydroxylation is 1. The van der Waals surface area contributed by atoms with Crippen molar-refractivity contribution in [3.63, 3.8) is 0 Å². The summed E-state index contributed by atoms with van der Waals surface area (Å²) in [4.78, 5) is 7.21. The topological polar surface area (TPSA) is 28.2 Å². The van der Waals surface area contributed by atoms with E-state index in [0.29, 0.717) is 0 Å². The van der Waals surface area contributed by atoms with Crippen LogP contribution < -0.4 is 5.32 Å². The summed E-state index contributed by atoms with van der Waals surface area (Å²) < 4.78 is 0. The predicted molar refractivity (Wildman–Crippen MR) is 76.2 cm³/mol. The summed E-state index contributed by atoms with van der Waals surface area (Å²) in [5.41, 5.74) is 1.16. The fraction of sp³-hybridized carbons (Fsp3) is 0.786. The van der Waals surface area contributed by atoms with E-state index in [2.05, 4.69) is 27.5 Å². The van der Waals surface area contributed by atoms with Crippen LogP contribution in [0.5, 0.6) is 0 Å². The molecule has 1 aromatic rings. The molecule has 2 unspecified atom stereocenters. The van der Waals surface area contributed by atoms with Crippen LogP contribution >= 0.6 is 11.3 Å². The third-order valence-corrected chi connectivity index (χ3v) is 5.29. The summed E-state index contributed by atoms with van der Waals surface area (Å²) in [7, 11) is 0. The maximum atomic E-state index is 4.52. The van der Waals surface area contributed by atoms with Crippen molar-refractivity contribution >= 4 is 11.3 Å². The molecule has 4 heteroatoms. The maximum Gasteiger partial charge on any atom is 0.0940 e. The van der Waals surface area contributed by atoms with Gasteiger partial charge in [-0.15, -0.1) is 11.3 Å². The zero-order chi connectivity index (χ0) is 12.4. The van der Waals surface area contributed by atoms with Crippen LogP contribution in [0, 0.1) is 6.92 Å². The molecular weight excluding hydrogens is 242 g/mol. The number of nitrogens with zero attached hydrogens (tertiary/aromatic N) is 2. The second-order valence-electron chi connectivity index (χ2n) is 5.58. The summed E-state index contributed by atoms with van der Waals surface area (Å²) in [6, 6.07) is 1.54. The third-order valence-electron chi connectivity index (χ3n) is 4.27. The van der Waals surface area contributed by atoms with Gasteiger partial charge in [0.2, 0.25) is 0 Å². The minimum atomic E-state index is 0.728. The number of hydrogen-bond donors (Lipinski definition) is 1. The molecular formula is C14H23N3S. The first-order valence-corrected chi connectivity index (χ1v) is 8.09. The molecule has 2 aliphatic heterocycles. The summed E-state index contributed by atoms with van der Waals surface area (Å²) >= 11 is 1.79. The lowest BCUT2D eigenvalue weighted by Gasteiger charge is -2.32. The molecule has 0 aliphatic carbocycles. The van der Waals surface area contributed by atoms with Gasteiger partial charge in [-0.2, -0.15) is 0 Å². The number of hydrogen-bond acceptors (Lipinski definition) is 4. The van der Waals surface area contributed by atoms with Crippen LogP contribution in [0.15, 0.2) is 5.38 Å². The fourth-order valence-electron chi connectivity index (χ4n) is 3.37. The number of piperidine rings is 1. The van der Waals surface area contributed by atoms with E-state index in [9.17, 15) is 0 Å². The summed E-state index contributed by atoms with van der Waals surface area (Å²) in [6.07, 6.45) is 6.64. The van der Waals surface area contributed by atoms with Crippen LogP contribution in [0.1, 0.15) is 36.4 Å². The summed E-state index contributed by atoms with van der Waals surface area (Å²) in [5.74, 6) is 0. The molecule has 100 valence electrons. The van der Waals surface area contributed by atoms with Gasteiger partial charge >= 0.3 is 0 Å². The SMILES string of the molecule is Cc1csc(CCNC2CCN3CCCCC23)n1. The van der Waals surface area contributed by atoms with Gasteiger partial charge in [0.1, 0.15) is 0 Å². The zero-order valence-electron chi connectivity index (χ0n) is 11.2. The van der Waals surface area contributed by atoms with E-state index in [1.165, 1.54) is 43.8 Å². The number of aromatic nitrogens is 1.